The highest BCUT2D eigenvalue weighted by molar-refractivity contribution is 6.00. The lowest BCUT2D eigenvalue weighted by Crippen LogP contribution is -2.61. The molecule has 92 heavy (non-hydrogen) atoms. The van der Waals surface area contributed by atoms with Gasteiger partial charge < -0.3 is 90.1 Å². The van der Waals surface area contributed by atoms with Gasteiger partial charge >= 0.3 is 0 Å². The van der Waals surface area contributed by atoms with Gasteiger partial charge in [0.2, 0.25) is 65.0 Å². The molecule has 11 amide bonds. The Balaban J connectivity index is 1.13. The molecule has 2 aliphatic rings. The van der Waals surface area contributed by atoms with Gasteiger partial charge in [0.25, 0.3) is 0 Å². The van der Waals surface area contributed by atoms with Crippen LogP contribution in [0.15, 0.2) is 103 Å². The number of nitrogens with two attached hydrogens (primary N) is 3. The first-order valence-corrected chi connectivity index (χ1v) is 30.3. The third-order valence-corrected chi connectivity index (χ3v) is 15.6. The van der Waals surface area contributed by atoms with E-state index in [0.29, 0.717) is 39.7 Å². The molecule has 2 aliphatic heterocycles. The van der Waals surface area contributed by atoms with E-state index >= 15 is 0 Å². The number of rotatable bonds is 33. The first-order valence-electron chi connectivity index (χ1n) is 30.3. The molecule has 30 heteroatoms. The van der Waals surface area contributed by atoms with Crippen molar-refractivity contribution in [1.82, 2.24) is 67.7 Å². The number of aromatic nitrogens is 3. The third-order valence-electron chi connectivity index (χ3n) is 15.6. The van der Waals surface area contributed by atoms with Crippen LogP contribution in [0.2, 0.25) is 0 Å². The Bertz CT molecular complexity index is 3430. The van der Waals surface area contributed by atoms with Crippen LogP contribution < -0.4 is 65.1 Å². The Hall–Kier alpha value is -10.4. The number of nitrogens with zero attached hydrogens (tertiary/aromatic N) is 3. The lowest BCUT2D eigenvalue weighted by atomic mass is 9.99. The zero-order chi connectivity index (χ0) is 66.4. The number of benzene rings is 3. The van der Waals surface area contributed by atoms with Crippen LogP contribution >= 0.6 is 0 Å². The maximum absolute atomic E-state index is 14.9. The number of aromatic amines is 2. The number of aliphatic hydroxyl groups is 1. The van der Waals surface area contributed by atoms with E-state index in [1.165, 1.54) is 41.7 Å². The summed E-state index contributed by atoms with van der Waals surface area (Å²) in [5.41, 5.74) is 19.1. The number of aromatic hydroxyl groups is 1. The van der Waals surface area contributed by atoms with E-state index in [4.69, 9.17) is 17.2 Å². The van der Waals surface area contributed by atoms with Crippen LogP contribution in [0.25, 0.3) is 10.9 Å². The molecule has 2 saturated heterocycles. The fourth-order valence-electron chi connectivity index (χ4n) is 10.9. The normalized spacial score (nSPS) is 16.7. The molecular weight excluding hydrogens is 1190 g/mol. The highest BCUT2D eigenvalue weighted by atomic mass is 16.3. The molecule has 7 rings (SSSR count). The van der Waals surface area contributed by atoms with E-state index in [1.54, 1.807) is 74.6 Å². The van der Waals surface area contributed by atoms with Gasteiger partial charge in [-0.05, 0) is 79.3 Å². The Morgan fingerprint density at radius 3 is 1.84 bits per heavy atom. The van der Waals surface area contributed by atoms with Crippen LogP contribution in [-0.2, 0) is 78.4 Å². The quantitative estimate of drug-likeness (QED) is 0.0115. The van der Waals surface area contributed by atoms with Crippen molar-refractivity contribution in [2.45, 2.75) is 139 Å². The number of H-pyrrole nitrogens is 2. The lowest BCUT2D eigenvalue weighted by Gasteiger charge is -2.30. The smallest absolute Gasteiger partial charge is 0.245 e. The summed E-state index contributed by atoms with van der Waals surface area (Å²) in [6.45, 7) is 2.34. The van der Waals surface area contributed by atoms with Crippen LogP contribution in [0, 0.1) is 5.92 Å². The van der Waals surface area contributed by atoms with Gasteiger partial charge in [-0.25, -0.2) is 4.98 Å². The van der Waals surface area contributed by atoms with Gasteiger partial charge in [-0.3, -0.25) is 57.7 Å². The second-order valence-electron chi connectivity index (χ2n) is 23.1. The maximum atomic E-state index is 14.9. The molecule has 492 valence electrons. The summed E-state index contributed by atoms with van der Waals surface area (Å²) in [5.74, 6) is -8.97. The zero-order valence-electron chi connectivity index (χ0n) is 51.1. The summed E-state index contributed by atoms with van der Waals surface area (Å²) in [6.07, 6.45) is 4.96. The van der Waals surface area contributed by atoms with E-state index in [9.17, 15) is 63.0 Å². The van der Waals surface area contributed by atoms with Crippen molar-refractivity contribution in [3.05, 3.63) is 120 Å². The van der Waals surface area contributed by atoms with Crippen molar-refractivity contribution < 1.29 is 63.0 Å². The Morgan fingerprint density at radius 2 is 1.24 bits per heavy atom. The summed E-state index contributed by atoms with van der Waals surface area (Å²) >= 11 is 0. The van der Waals surface area contributed by atoms with Crippen molar-refractivity contribution >= 4 is 81.8 Å². The average Bonchev–Trinajstić information content (AvgIpc) is 1.66. The van der Waals surface area contributed by atoms with E-state index in [-0.39, 0.29) is 101 Å². The summed E-state index contributed by atoms with van der Waals surface area (Å²) in [5, 5.41) is 45.6. The molecule has 19 N–H and O–H groups in total. The van der Waals surface area contributed by atoms with Crippen molar-refractivity contribution in [3.8, 4) is 5.75 Å². The Kier molecular flexibility index (Phi) is 25.1. The molecule has 0 radical (unpaired) electrons. The van der Waals surface area contributed by atoms with Crippen LogP contribution in [-0.4, -0.2) is 182 Å². The number of guanidine groups is 1. The number of fused-ring (bicyclic) bond motifs is 1. The zero-order valence-corrected chi connectivity index (χ0v) is 51.1. The number of hydrogen-bond acceptors (Lipinski definition) is 15. The van der Waals surface area contributed by atoms with Crippen LogP contribution in [0.3, 0.4) is 0 Å². The summed E-state index contributed by atoms with van der Waals surface area (Å²) < 4.78 is 0. The second-order valence-corrected chi connectivity index (χ2v) is 23.1. The highest BCUT2D eigenvalue weighted by Crippen LogP contribution is 2.22. The van der Waals surface area contributed by atoms with Crippen molar-refractivity contribution in [1.29, 1.82) is 0 Å². The fourth-order valence-corrected chi connectivity index (χ4v) is 10.9. The van der Waals surface area contributed by atoms with E-state index < -0.39 is 127 Å². The highest BCUT2D eigenvalue weighted by Gasteiger charge is 2.40. The number of para-hydroxylation sites is 1. The standard InChI is InChI=1S/C62H81N17O13/c1-34(2)24-44(54(85)72-43(14-8-22-67-62(64)65)61(92)79-23-9-15-50(79)60(91)69-31-51(63)82)73-55(86)45(25-35-10-4-3-5-11-35)74-56(87)46(26-36-16-18-39(81)19-17-36)75-59(90)49(32-80)78-57(88)47(27-37-29-68-41-13-7-6-12-40(37)41)76-58(89)48(28-38-30-66-33-70-38)77-53(84)42-20-21-52(83)71-42/h3-7,10-13,16-19,29-30,33-34,42-50,68,80-81H,8-9,14-15,20-28,31-32H2,1-2H3,(H2,63,82)(H,66,70)(H,69,91)(H,71,83)(H,72,85)(H,73,86)(H,74,87)(H,75,90)(H,76,89)(H,77,84)(H,78,88)(H4,64,65,67). The molecule has 9 unspecified atom stereocenters. The predicted molar refractivity (Wildman–Crippen MR) is 334 cm³/mol. The molecule has 9 atom stereocenters. The number of nitrogens with one attached hydrogen (secondary N) is 11. The van der Waals surface area contributed by atoms with Crippen LogP contribution in [0.1, 0.15) is 81.2 Å². The summed E-state index contributed by atoms with van der Waals surface area (Å²) in [6, 6.07) is 9.29. The van der Waals surface area contributed by atoms with Gasteiger partial charge in [0.05, 0.1) is 19.5 Å². The number of imidazole rings is 1. The molecule has 2 fully saturated rings. The first kappa shape index (κ1) is 69.1. The van der Waals surface area contributed by atoms with Gasteiger partial charge in [-0.15, -0.1) is 0 Å². The number of hydrogen-bond donors (Lipinski definition) is 16. The third kappa shape index (κ3) is 20.3. The van der Waals surface area contributed by atoms with Gasteiger partial charge in [-0.2, -0.15) is 0 Å². The monoisotopic (exact) mass is 1270 g/mol. The first-order chi connectivity index (χ1) is 44.0. The number of phenols is 1. The van der Waals surface area contributed by atoms with Gasteiger partial charge in [-0.1, -0.05) is 74.5 Å². The van der Waals surface area contributed by atoms with E-state index in [1.807, 2.05) is 0 Å². The van der Waals surface area contributed by atoms with Gasteiger partial charge in [0.15, 0.2) is 5.96 Å². The minimum Gasteiger partial charge on any atom is -0.508 e. The molecule has 0 spiro atoms. The largest absolute Gasteiger partial charge is 0.508 e. The van der Waals surface area contributed by atoms with E-state index in [2.05, 4.69) is 67.8 Å². The maximum Gasteiger partial charge on any atom is 0.245 e. The molecule has 3 aromatic carbocycles. The number of aliphatic imine (C=N–C) groups is 1. The Morgan fingerprint density at radius 1 is 0.663 bits per heavy atom. The van der Waals surface area contributed by atoms with Gasteiger partial charge in [0, 0.05) is 74.2 Å². The van der Waals surface area contributed by atoms with Crippen molar-refractivity contribution in [2.75, 3.05) is 26.2 Å². The predicted octanol–water partition coefficient (Wildman–Crippen LogP) is -2.78. The minimum atomic E-state index is -1.79. The van der Waals surface area contributed by atoms with E-state index in [0.717, 1.165) is 0 Å². The van der Waals surface area contributed by atoms with Gasteiger partial charge in [0.1, 0.15) is 60.1 Å². The SMILES string of the molecule is CC(C)CC(NC(=O)C(Cc1ccccc1)NC(=O)C(Cc1ccc(O)cc1)NC(=O)C(CO)NC(=O)C(Cc1c[nH]c2ccccc12)NC(=O)C(Cc1cnc[nH]1)NC(=O)C1CCC(=O)N1)C(=O)NC(CCCN=C(N)N)C(=O)N1CCCC1C(=O)NCC(N)=O. The lowest BCUT2D eigenvalue weighted by molar-refractivity contribution is -0.142. The Labute approximate surface area is 529 Å². The van der Waals surface area contributed by atoms with Crippen molar-refractivity contribution in [2.24, 2.45) is 28.1 Å². The molecule has 0 bridgehead atoms. The summed E-state index contributed by atoms with van der Waals surface area (Å²) in [4.78, 5) is 168. The molecule has 2 aromatic heterocycles. The molecular formula is C62H81N17O13. The number of likely N-dealkylation sites (tertiary alicyclic amines) is 1. The van der Waals surface area contributed by atoms with Crippen molar-refractivity contribution in [3.63, 3.8) is 0 Å². The topological polar surface area (TPSA) is 475 Å². The second kappa shape index (κ2) is 33.4. The molecule has 4 heterocycles. The van der Waals surface area contributed by atoms with Crippen LogP contribution in [0.4, 0.5) is 0 Å². The number of phenolic OH excluding ortho intramolecular Hbond substituents is 1. The number of carbonyl (C=O) groups excluding carboxylic acids is 11. The molecule has 0 saturated carbocycles. The fraction of sp³-hybridized carbons (Fsp3) is 0.435. The number of carbonyl (C=O) groups is 11. The molecule has 0 aliphatic carbocycles. The minimum absolute atomic E-state index is 0.00166. The van der Waals surface area contributed by atoms with Crippen LogP contribution in [0.5, 0.6) is 5.75 Å². The molecule has 30 nitrogen and oxygen atoms in total. The number of primary amides is 1. The number of aliphatic hydroxyl groups excluding tert-OH is 1. The molecule has 5 aromatic rings. The number of amides is 11. The average molecular weight is 1270 g/mol. The summed E-state index contributed by atoms with van der Waals surface area (Å²) in [7, 11) is 0.